The number of benzene rings is 1. The van der Waals surface area contributed by atoms with Gasteiger partial charge in [-0.3, -0.25) is 13.9 Å². The highest BCUT2D eigenvalue weighted by molar-refractivity contribution is 5.94. The first-order chi connectivity index (χ1) is 14.0. The predicted molar refractivity (Wildman–Crippen MR) is 110 cm³/mol. The average Bonchev–Trinajstić information content (AvgIpc) is 2.99. The van der Waals surface area contributed by atoms with E-state index in [4.69, 9.17) is 4.74 Å². The number of carbonyl (C=O) groups is 1. The zero-order valence-corrected chi connectivity index (χ0v) is 16.7. The van der Waals surface area contributed by atoms with Crippen molar-refractivity contribution in [2.45, 2.75) is 25.8 Å². The molecular formula is C20H24N6O3. The highest BCUT2D eigenvalue weighted by Gasteiger charge is 2.23. The fourth-order valence-electron chi connectivity index (χ4n) is 3.68. The van der Waals surface area contributed by atoms with Gasteiger partial charge in [-0.15, -0.1) is 0 Å². The third kappa shape index (κ3) is 3.49. The molecule has 0 atom stereocenters. The largest absolute Gasteiger partial charge is 0.381 e. The number of rotatable bonds is 4. The monoisotopic (exact) mass is 396 g/mol. The summed E-state index contributed by atoms with van der Waals surface area (Å²) in [6.07, 6.45) is 3.23. The van der Waals surface area contributed by atoms with Crippen molar-refractivity contribution >= 4 is 28.7 Å². The van der Waals surface area contributed by atoms with E-state index in [1.165, 1.54) is 0 Å². The SMILES string of the molecule is CNC(=O)c1ccc(Nc2ncc3c(n2)n(C2CCOCC2)c(=O)n3C)c(C)c1. The summed E-state index contributed by atoms with van der Waals surface area (Å²) in [6.45, 7) is 3.19. The summed E-state index contributed by atoms with van der Waals surface area (Å²) in [4.78, 5) is 33.6. The Morgan fingerprint density at radius 3 is 2.72 bits per heavy atom. The standard InChI is InChI=1S/C20H24N6O3/c1-12-10-13(18(27)21-2)4-5-15(12)23-19-22-11-16-17(24-19)26(20(28)25(16)3)14-6-8-29-9-7-14/h4-5,10-11,14H,6-9H2,1-3H3,(H,21,27)(H,22,23,24). The van der Waals surface area contributed by atoms with Crippen molar-refractivity contribution in [3.8, 4) is 0 Å². The number of imidazole rings is 1. The predicted octanol–water partition coefficient (Wildman–Crippen LogP) is 1.89. The molecule has 1 fully saturated rings. The van der Waals surface area contributed by atoms with Crippen molar-refractivity contribution in [2.75, 3.05) is 25.6 Å². The summed E-state index contributed by atoms with van der Waals surface area (Å²) >= 11 is 0. The number of carbonyl (C=O) groups excluding carboxylic acids is 1. The van der Waals surface area contributed by atoms with Gasteiger partial charge in [0.05, 0.1) is 6.20 Å². The van der Waals surface area contributed by atoms with Crippen LogP contribution in [0.4, 0.5) is 11.6 Å². The van der Waals surface area contributed by atoms with E-state index < -0.39 is 0 Å². The second-order valence-corrected chi connectivity index (χ2v) is 7.19. The van der Waals surface area contributed by atoms with E-state index in [1.807, 2.05) is 13.0 Å². The number of hydrogen-bond donors (Lipinski definition) is 2. The number of anilines is 2. The molecule has 9 nitrogen and oxygen atoms in total. The number of hydrogen-bond acceptors (Lipinski definition) is 6. The number of fused-ring (bicyclic) bond motifs is 1. The summed E-state index contributed by atoms with van der Waals surface area (Å²) in [5.41, 5.74) is 3.49. The quantitative estimate of drug-likeness (QED) is 0.698. The molecule has 1 saturated heterocycles. The Morgan fingerprint density at radius 2 is 2.03 bits per heavy atom. The third-order valence-corrected chi connectivity index (χ3v) is 5.35. The highest BCUT2D eigenvalue weighted by Crippen LogP contribution is 2.25. The molecule has 0 aliphatic carbocycles. The van der Waals surface area contributed by atoms with Gasteiger partial charge < -0.3 is 15.4 Å². The van der Waals surface area contributed by atoms with Crippen LogP contribution in [0.2, 0.25) is 0 Å². The molecule has 3 aromatic rings. The molecule has 29 heavy (non-hydrogen) atoms. The summed E-state index contributed by atoms with van der Waals surface area (Å²) in [7, 11) is 3.34. The number of nitrogens with zero attached hydrogens (tertiary/aromatic N) is 4. The van der Waals surface area contributed by atoms with Crippen LogP contribution in [0, 0.1) is 6.92 Å². The van der Waals surface area contributed by atoms with Crippen LogP contribution in [0.15, 0.2) is 29.2 Å². The smallest absolute Gasteiger partial charge is 0.330 e. The minimum atomic E-state index is -0.137. The van der Waals surface area contributed by atoms with E-state index in [2.05, 4.69) is 20.6 Å². The molecule has 0 radical (unpaired) electrons. The first-order valence-electron chi connectivity index (χ1n) is 9.61. The summed E-state index contributed by atoms with van der Waals surface area (Å²) < 4.78 is 8.77. The number of amides is 1. The van der Waals surface area contributed by atoms with Gasteiger partial charge in [-0.05, 0) is 43.5 Å². The van der Waals surface area contributed by atoms with Crippen LogP contribution in [0.1, 0.15) is 34.8 Å². The molecule has 1 amide bonds. The van der Waals surface area contributed by atoms with Crippen LogP contribution >= 0.6 is 0 Å². The summed E-state index contributed by atoms with van der Waals surface area (Å²) in [5.74, 6) is 0.266. The third-order valence-electron chi connectivity index (χ3n) is 5.35. The van der Waals surface area contributed by atoms with Gasteiger partial charge >= 0.3 is 5.69 Å². The van der Waals surface area contributed by atoms with Crippen LogP contribution in [0.25, 0.3) is 11.2 Å². The maximum Gasteiger partial charge on any atom is 0.330 e. The van der Waals surface area contributed by atoms with Crippen LogP contribution in [0.3, 0.4) is 0 Å². The normalized spacial score (nSPS) is 14.9. The second kappa shape index (κ2) is 7.67. The van der Waals surface area contributed by atoms with Gasteiger partial charge in [0.2, 0.25) is 5.95 Å². The molecule has 2 aromatic heterocycles. The minimum absolute atomic E-state index is 0.0660. The molecule has 1 aliphatic heterocycles. The Labute approximate surface area is 167 Å². The molecule has 1 aliphatic rings. The first-order valence-corrected chi connectivity index (χ1v) is 9.61. The zero-order valence-electron chi connectivity index (χ0n) is 16.7. The van der Waals surface area contributed by atoms with Crippen molar-refractivity contribution < 1.29 is 9.53 Å². The van der Waals surface area contributed by atoms with Crippen molar-refractivity contribution in [1.29, 1.82) is 0 Å². The molecule has 2 N–H and O–H groups in total. The van der Waals surface area contributed by atoms with E-state index in [0.717, 1.165) is 24.1 Å². The van der Waals surface area contributed by atoms with E-state index in [9.17, 15) is 9.59 Å². The lowest BCUT2D eigenvalue weighted by molar-refractivity contribution is 0.0695. The summed E-state index contributed by atoms with van der Waals surface area (Å²) in [6, 6.07) is 5.44. The lowest BCUT2D eigenvalue weighted by atomic mass is 10.1. The van der Waals surface area contributed by atoms with E-state index in [0.29, 0.717) is 35.9 Å². The number of aromatic nitrogens is 4. The second-order valence-electron chi connectivity index (χ2n) is 7.19. The molecule has 0 bridgehead atoms. The molecule has 0 unspecified atom stereocenters. The van der Waals surface area contributed by atoms with Crippen LogP contribution in [-0.4, -0.2) is 45.3 Å². The maximum atomic E-state index is 12.8. The average molecular weight is 396 g/mol. The minimum Gasteiger partial charge on any atom is -0.381 e. The van der Waals surface area contributed by atoms with Crippen LogP contribution < -0.4 is 16.3 Å². The Bertz CT molecular complexity index is 1130. The van der Waals surface area contributed by atoms with Gasteiger partial charge in [0.1, 0.15) is 5.52 Å². The van der Waals surface area contributed by atoms with Gasteiger partial charge in [-0.1, -0.05) is 0 Å². The maximum absolute atomic E-state index is 12.8. The highest BCUT2D eigenvalue weighted by atomic mass is 16.5. The molecule has 152 valence electrons. The Hall–Kier alpha value is -3.20. The lowest BCUT2D eigenvalue weighted by Gasteiger charge is -2.22. The van der Waals surface area contributed by atoms with Crippen molar-refractivity contribution in [3.05, 3.63) is 46.0 Å². The van der Waals surface area contributed by atoms with Gasteiger partial charge in [-0.25, -0.2) is 9.78 Å². The molecule has 1 aromatic carbocycles. The molecule has 0 spiro atoms. The molecular weight excluding hydrogens is 372 g/mol. The van der Waals surface area contributed by atoms with Gasteiger partial charge in [0.15, 0.2) is 5.65 Å². The van der Waals surface area contributed by atoms with Gasteiger partial charge in [-0.2, -0.15) is 4.98 Å². The lowest BCUT2D eigenvalue weighted by Crippen LogP contribution is -2.30. The molecule has 9 heteroatoms. The Morgan fingerprint density at radius 1 is 1.28 bits per heavy atom. The Kier molecular flexibility index (Phi) is 5.06. The molecule has 3 heterocycles. The fraction of sp³-hybridized carbons (Fsp3) is 0.400. The van der Waals surface area contributed by atoms with Crippen LogP contribution in [-0.2, 0) is 11.8 Å². The van der Waals surface area contributed by atoms with E-state index in [-0.39, 0.29) is 17.6 Å². The Balaban J connectivity index is 1.70. The molecule has 0 saturated carbocycles. The van der Waals surface area contributed by atoms with Crippen molar-refractivity contribution in [1.82, 2.24) is 24.4 Å². The van der Waals surface area contributed by atoms with E-state index in [1.54, 1.807) is 41.6 Å². The number of aryl methyl sites for hydroxylation is 2. The summed E-state index contributed by atoms with van der Waals surface area (Å²) in [5, 5.41) is 5.82. The zero-order chi connectivity index (χ0) is 20.5. The number of nitrogens with one attached hydrogen (secondary N) is 2. The van der Waals surface area contributed by atoms with Gasteiger partial charge in [0, 0.05) is 44.6 Å². The molecule has 4 rings (SSSR count). The van der Waals surface area contributed by atoms with Crippen molar-refractivity contribution in [3.63, 3.8) is 0 Å². The number of ether oxygens (including phenoxy) is 1. The topological polar surface area (TPSA) is 103 Å². The first kappa shape index (κ1) is 19.1. The van der Waals surface area contributed by atoms with Crippen LogP contribution in [0.5, 0.6) is 0 Å². The van der Waals surface area contributed by atoms with Crippen molar-refractivity contribution in [2.24, 2.45) is 7.05 Å². The van der Waals surface area contributed by atoms with Gasteiger partial charge in [0.25, 0.3) is 5.91 Å². The fourth-order valence-corrected chi connectivity index (χ4v) is 3.68. The van der Waals surface area contributed by atoms with E-state index >= 15 is 0 Å².